The summed E-state index contributed by atoms with van der Waals surface area (Å²) < 4.78 is 1.07. The largest absolute Gasteiger partial charge is 0.344 e. The van der Waals surface area contributed by atoms with Crippen LogP contribution in [-0.4, -0.2) is 30.4 Å². The molecule has 0 saturated heterocycles. The lowest BCUT2D eigenvalue weighted by atomic mass is 10.1. The Balaban J connectivity index is 0.00000256. The number of carbonyl (C=O) groups excluding carboxylic acids is 1. The molecule has 3 nitrogen and oxygen atoms in total. The van der Waals surface area contributed by atoms with E-state index in [9.17, 15) is 4.79 Å². The number of likely N-dealkylation sites (N-methyl/N-ethyl adjacent to an activating group) is 1. The molecule has 1 amide bonds. The van der Waals surface area contributed by atoms with Gasteiger partial charge >= 0.3 is 0 Å². The number of nitrogens with zero attached hydrogens (tertiary/aromatic N) is 1. The molecule has 1 rings (SSSR count). The molecule has 1 unspecified atom stereocenters. The van der Waals surface area contributed by atoms with E-state index in [1.165, 1.54) is 5.56 Å². The van der Waals surface area contributed by atoms with Crippen molar-refractivity contribution in [1.82, 2.24) is 4.90 Å². The molecule has 0 heterocycles. The zero-order chi connectivity index (χ0) is 12.1. The monoisotopic (exact) mass is 320 g/mol. The third kappa shape index (κ3) is 5.52. The Morgan fingerprint density at radius 2 is 1.94 bits per heavy atom. The number of hydrogen-bond donors (Lipinski definition) is 1. The first kappa shape index (κ1) is 16.4. The number of hydrogen-bond acceptors (Lipinski definition) is 2. The zero-order valence-corrected chi connectivity index (χ0v) is 12.4. The summed E-state index contributed by atoms with van der Waals surface area (Å²) in [6, 6.07) is 7.68. The second kappa shape index (κ2) is 7.69. The summed E-state index contributed by atoms with van der Waals surface area (Å²) in [5, 5.41) is 0. The quantitative estimate of drug-likeness (QED) is 0.924. The second-order valence-corrected chi connectivity index (χ2v) is 4.84. The van der Waals surface area contributed by atoms with Gasteiger partial charge in [-0.2, -0.15) is 0 Å². The van der Waals surface area contributed by atoms with Crippen molar-refractivity contribution in [3.8, 4) is 0 Å². The van der Waals surface area contributed by atoms with Crippen molar-refractivity contribution >= 4 is 34.2 Å². The van der Waals surface area contributed by atoms with Crippen molar-refractivity contribution in [3.05, 3.63) is 34.3 Å². The molecule has 5 heteroatoms. The Bertz CT molecular complexity index is 354. The first-order chi connectivity index (χ1) is 7.50. The minimum atomic E-state index is -0.421. The maximum absolute atomic E-state index is 11.5. The van der Waals surface area contributed by atoms with Gasteiger partial charge in [0.25, 0.3) is 0 Å². The van der Waals surface area contributed by atoms with Crippen molar-refractivity contribution in [1.29, 1.82) is 0 Å². The Hall–Kier alpha value is -0.580. The van der Waals surface area contributed by atoms with Gasteiger partial charge in [-0.1, -0.05) is 28.1 Å². The summed E-state index contributed by atoms with van der Waals surface area (Å²) in [6.07, 6.45) is 0.849. The van der Waals surface area contributed by atoms with Crippen LogP contribution in [0.15, 0.2) is 28.7 Å². The van der Waals surface area contributed by atoms with Crippen LogP contribution in [0.2, 0.25) is 0 Å². The van der Waals surface area contributed by atoms with E-state index in [1.54, 1.807) is 18.9 Å². The third-order valence-electron chi connectivity index (χ3n) is 2.41. The summed E-state index contributed by atoms with van der Waals surface area (Å²) in [5.41, 5.74) is 6.74. The van der Waals surface area contributed by atoms with E-state index >= 15 is 0 Å². The maximum Gasteiger partial charge on any atom is 0.238 e. The van der Waals surface area contributed by atoms with E-state index in [4.69, 9.17) is 5.73 Å². The van der Waals surface area contributed by atoms with E-state index < -0.39 is 6.04 Å². The van der Waals surface area contributed by atoms with Gasteiger partial charge in [-0.25, -0.2) is 0 Å². The average Bonchev–Trinajstić information content (AvgIpc) is 2.26. The smallest absolute Gasteiger partial charge is 0.238 e. The fourth-order valence-electron chi connectivity index (χ4n) is 1.41. The van der Waals surface area contributed by atoms with Crippen LogP contribution >= 0.6 is 28.3 Å². The first-order valence-corrected chi connectivity index (χ1v) is 6.05. The Morgan fingerprint density at radius 3 is 2.41 bits per heavy atom. The van der Waals surface area contributed by atoms with E-state index in [0.717, 1.165) is 10.9 Å². The predicted molar refractivity (Wildman–Crippen MR) is 76.4 cm³/mol. The molecule has 96 valence electrons. The van der Waals surface area contributed by atoms with E-state index in [1.807, 2.05) is 24.3 Å². The molecular weight excluding hydrogens is 304 g/mol. The van der Waals surface area contributed by atoms with Crippen molar-refractivity contribution in [2.24, 2.45) is 5.73 Å². The van der Waals surface area contributed by atoms with Gasteiger partial charge in [0.05, 0.1) is 6.04 Å². The van der Waals surface area contributed by atoms with Crippen LogP contribution in [0.3, 0.4) is 0 Å². The standard InChI is InChI=1S/C12H17BrN2O.ClH/c1-9(14)12(16)15(2)8-7-10-3-5-11(13)6-4-10;/h3-6,9H,7-8,14H2,1-2H3;1H. The Labute approximate surface area is 117 Å². The molecule has 0 aliphatic carbocycles. The third-order valence-corrected chi connectivity index (χ3v) is 2.94. The lowest BCUT2D eigenvalue weighted by molar-refractivity contribution is -0.130. The van der Waals surface area contributed by atoms with Gasteiger partial charge in [-0.15, -0.1) is 12.4 Å². The van der Waals surface area contributed by atoms with Gasteiger partial charge in [0.15, 0.2) is 0 Å². The molecule has 2 N–H and O–H groups in total. The van der Waals surface area contributed by atoms with Crippen LogP contribution in [0.4, 0.5) is 0 Å². The first-order valence-electron chi connectivity index (χ1n) is 5.25. The molecule has 1 aromatic rings. The minimum Gasteiger partial charge on any atom is -0.344 e. The van der Waals surface area contributed by atoms with Crippen LogP contribution in [0.1, 0.15) is 12.5 Å². The summed E-state index contributed by atoms with van der Waals surface area (Å²) in [4.78, 5) is 13.2. The van der Waals surface area contributed by atoms with Crippen molar-refractivity contribution < 1.29 is 4.79 Å². The maximum atomic E-state index is 11.5. The molecule has 17 heavy (non-hydrogen) atoms. The number of carbonyl (C=O) groups is 1. The highest BCUT2D eigenvalue weighted by atomic mass is 79.9. The van der Waals surface area contributed by atoms with E-state index in [-0.39, 0.29) is 18.3 Å². The molecule has 1 atom stereocenters. The lowest BCUT2D eigenvalue weighted by Crippen LogP contribution is -2.40. The molecule has 0 fully saturated rings. The normalized spacial score (nSPS) is 11.5. The van der Waals surface area contributed by atoms with Gasteiger partial charge in [-0.05, 0) is 31.0 Å². The van der Waals surface area contributed by atoms with Gasteiger partial charge in [0.1, 0.15) is 0 Å². The molecule has 0 spiro atoms. The summed E-state index contributed by atoms with van der Waals surface area (Å²) in [6.45, 7) is 2.40. The lowest BCUT2D eigenvalue weighted by Gasteiger charge is -2.19. The van der Waals surface area contributed by atoms with E-state index in [2.05, 4.69) is 15.9 Å². The van der Waals surface area contributed by atoms with Gasteiger partial charge < -0.3 is 10.6 Å². The van der Waals surface area contributed by atoms with Crippen molar-refractivity contribution in [3.63, 3.8) is 0 Å². The number of benzene rings is 1. The summed E-state index contributed by atoms with van der Waals surface area (Å²) in [5.74, 6) is -0.0166. The van der Waals surface area contributed by atoms with Crippen LogP contribution in [-0.2, 0) is 11.2 Å². The number of nitrogens with two attached hydrogens (primary N) is 1. The topological polar surface area (TPSA) is 46.3 Å². The van der Waals surface area contributed by atoms with Gasteiger partial charge in [-0.3, -0.25) is 4.79 Å². The molecular formula is C12H18BrClN2O. The highest BCUT2D eigenvalue weighted by Crippen LogP contribution is 2.11. The molecule has 1 aromatic carbocycles. The summed E-state index contributed by atoms with van der Waals surface area (Å²) in [7, 11) is 1.78. The van der Waals surface area contributed by atoms with Crippen LogP contribution in [0.25, 0.3) is 0 Å². The Morgan fingerprint density at radius 1 is 1.41 bits per heavy atom. The average molecular weight is 322 g/mol. The van der Waals surface area contributed by atoms with Crippen LogP contribution in [0, 0.1) is 0 Å². The van der Waals surface area contributed by atoms with Crippen LogP contribution in [0.5, 0.6) is 0 Å². The molecule has 0 saturated carbocycles. The molecule has 0 aliphatic rings. The number of amides is 1. The highest BCUT2D eigenvalue weighted by Gasteiger charge is 2.12. The van der Waals surface area contributed by atoms with Crippen LogP contribution < -0.4 is 5.73 Å². The minimum absolute atomic E-state index is 0. The van der Waals surface area contributed by atoms with E-state index in [0.29, 0.717) is 6.54 Å². The molecule has 0 bridgehead atoms. The van der Waals surface area contributed by atoms with Gasteiger partial charge in [0.2, 0.25) is 5.91 Å². The fraction of sp³-hybridized carbons (Fsp3) is 0.417. The number of rotatable bonds is 4. The van der Waals surface area contributed by atoms with Gasteiger partial charge in [0, 0.05) is 18.1 Å². The fourth-order valence-corrected chi connectivity index (χ4v) is 1.67. The van der Waals surface area contributed by atoms with Crippen molar-refractivity contribution in [2.75, 3.05) is 13.6 Å². The number of halogens is 2. The predicted octanol–water partition coefficient (Wildman–Crippen LogP) is 2.22. The SMILES string of the molecule is CC(N)C(=O)N(C)CCc1ccc(Br)cc1.Cl. The second-order valence-electron chi connectivity index (χ2n) is 3.92. The Kier molecular flexibility index (Phi) is 7.43. The highest BCUT2D eigenvalue weighted by molar-refractivity contribution is 9.10. The molecule has 0 aromatic heterocycles. The van der Waals surface area contributed by atoms with Crippen molar-refractivity contribution in [2.45, 2.75) is 19.4 Å². The summed E-state index contributed by atoms with van der Waals surface area (Å²) >= 11 is 3.39. The zero-order valence-electron chi connectivity index (χ0n) is 10.0. The molecule has 0 radical (unpaired) electrons. The molecule has 0 aliphatic heterocycles.